The third kappa shape index (κ3) is 2.34. The Hall–Kier alpha value is -3.28. The molecule has 1 aromatic heterocycles. The SMILES string of the molecule is COc1cccc(-c2n[nH]c3c2C(c2ccc(O)cc2)N(C)C3=O)c1. The molecule has 25 heavy (non-hydrogen) atoms. The third-order valence-corrected chi connectivity index (χ3v) is 4.55. The Labute approximate surface area is 144 Å². The molecule has 0 spiro atoms. The van der Waals surface area contributed by atoms with E-state index in [1.165, 1.54) is 0 Å². The average Bonchev–Trinajstić information content (AvgIpc) is 3.16. The highest BCUT2D eigenvalue weighted by atomic mass is 16.5. The molecule has 3 aromatic rings. The van der Waals surface area contributed by atoms with Crippen LogP contribution < -0.4 is 4.74 Å². The lowest BCUT2D eigenvalue weighted by molar-refractivity contribution is 0.0788. The smallest absolute Gasteiger partial charge is 0.272 e. The fourth-order valence-corrected chi connectivity index (χ4v) is 3.30. The van der Waals surface area contributed by atoms with Gasteiger partial charge in [0.2, 0.25) is 0 Å². The van der Waals surface area contributed by atoms with Crippen LogP contribution >= 0.6 is 0 Å². The molecule has 4 rings (SSSR count). The van der Waals surface area contributed by atoms with Gasteiger partial charge in [-0.1, -0.05) is 24.3 Å². The van der Waals surface area contributed by atoms with Gasteiger partial charge in [-0.05, 0) is 29.8 Å². The monoisotopic (exact) mass is 335 g/mol. The van der Waals surface area contributed by atoms with Crippen LogP contribution in [0.5, 0.6) is 11.5 Å². The maximum Gasteiger partial charge on any atom is 0.272 e. The van der Waals surface area contributed by atoms with Crippen LogP contribution in [0.15, 0.2) is 48.5 Å². The number of ether oxygens (including phenoxy) is 1. The van der Waals surface area contributed by atoms with Crippen LogP contribution in [0, 0.1) is 0 Å². The molecule has 1 aliphatic rings. The molecule has 0 saturated carbocycles. The minimum atomic E-state index is -0.261. The maximum absolute atomic E-state index is 12.6. The predicted octanol–water partition coefficient (Wildman–Crippen LogP) is 2.97. The Morgan fingerprint density at radius 1 is 1.20 bits per heavy atom. The number of aromatic amines is 1. The minimum Gasteiger partial charge on any atom is -0.508 e. The Bertz CT molecular complexity index is 947. The summed E-state index contributed by atoms with van der Waals surface area (Å²) in [6, 6.07) is 14.2. The lowest BCUT2D eigenvalue weighted by Crippen LogP contribution is -2.24. The number of phenols is 1. The molecule has 1 atom stereocenters. The number of benzene rings is 2. The normalized spacial score (nSPS) is 16.2. The summed E-state index contributed by atoms with van der Waals surface area (Å²) in [6.45, 7) is 0. The second kappa shape index (κ2) is 5.66. The molecule has 0 saturated heterocycles. The van der Waals surface area contributed by atoms with Crippen LogP contribution in [0.1, 0.15) is 27.7 Å². The summed E-state index contributed by atoms with van der Waals surface area (Å²) in [6.07, 6.45) is 0. The first kappa shape index (κ1) is 15.3. The van der Waals surface area contributed by atoms with E-state index in [-0.39, 0.29) is 17.7 Å². The number of hydrogen-bond acceptors (Lipinski definition) is 4. The van der Waals surface area contributed by atoms with E-state index in [1.807, 2.05) is 36.4 Å². The number of nitrogens with one attached hydrogen (secondary N) is 1. The van der Waals surface area contributed by atoms with Crippen molar-refractivity contribution in [3.8, 4) is 22.8 Å². The molecule has 1 amide bonds. The molecule has 1 aliphatic heterocycles. The quantitative estimate of drug-likeness (QED) is 0.771. The van der Waals surface area contributed by atoms with Crippen molar-refractivity contribution in [2.45, 2.75) is 6.04 Å². The first-order valence-electron chi connectivity index (χ1n) is 7.89. The molecule has 2 heterocycles. The number of amides is 1. The standard InChI is InChI=1S/C19H17N3O3/c1-22-18(11-6-8-13(23)9-7-11)15-16(20-21-17(15)19(22)24)12-4-3-5-14(10-12)25-2/h3-10,18,23H,1-2H3,(H,20,21). The number of hydrogen-bond donors (Lipinski definition) is 2. The van der Waals surface area contributed by atoms with Crippen LogP contribution in [0.25, 0.3) is 11.3 Å². The summed E-state index contributed by atoms with van der Waals surface area (Å²) in [5.74, 6) is 0.819. The summed E-state index contributed by atoms with van der Waals surface area (Å²) in [4.78, 5) is 14.3. The maximum atomic E-state index is 12.6. The van der Waals surface area contributed by atoms with Gasteiger partial charge in [0.25, 0.3) is 5.91 Å². The van der Waals surface area contributed by atoms with Crippen molar-refractivity contribution in [1.29, 1.82) is 0 Å². The van der Waals surface area contributed by atoms with Gasteiger partial charge in [0.1, 0.15) is 17.2 Å². The Balaban J connectivity index is 1.88. The number of phenolic OH excluding ortho intramolecular Hbond substituents is 1. The zero-order chi connectivity index (χ0) is 17.6. The zero-order valence-electron chi connectivity index (χ0n) is 13.9. The number of nitrogens with zero attached hydrogens (tertiary/aromatic N) is 2. The zero-order valence-corrected chi connectivity index (χ0v) is 13.9. The van der Waals surface area contributed by atoms with Crippen molar-refractivity contribution in [1.82, 2.24) is 15.1 Å². The van der Waals surface area contributed by atoms with E-state index >= 15 is 0 Å². The summed E-state index contributed by atoms with van der Waals surface area (Å²) in [5.41, 5.74) is 3.86. The minimum absolute atomic E-state index is 0.102. The van der Waals surface area contributed by atoms with E-state index in [4.69, 9.17) is 4.74 Å². The first-order chi connectivity index (χ1) is 12.1. The van der Waals surface area contributed by atoms with Crippen molar-refractivity contribution in [2.75, 3.05) is 14.2 Å². The molecular weight excluding hydrogens is 318 g/mol. The summed E-state index contributed by atoms with van der Waals surface area (Å²) in [5, 5.41) is 16.8. The molecule has 6 nitrogen and oxygen atoms in total. The van der Waals surface area contributed by atoms with Gasteiger partial charge >= 0.3 is 0 Å². The van der Waals surface area contributed by atoms with E-state index in [0.717, 1.165) is 28.1 Å². The average molecular weight is 335 g/mol. The first-order valence-corrected chi connectivity index (χ1v) is 7.89. The van der Waals surface area contributed by atoms with Crippen LogP contribution in [-0.2, 0) is 0 Å². The van der Waals surface area contributed by atoms with Gasteiger partial charge in [0.15, 0.2) is 0 Å². The van der Waals surface area contributed by atoms with Crippen LogP contribution in [-0.4, -0.2) is 40.3 Å². The van der Waals surface area contributed by atoms with Crippen molar-refractivity contribution in [3.63, 3.8) is 0 Å². The predicted molar refractivity (Wildman–Crippen MR) is 92.6 cm³/mol. The number of rotatable bonds is 3. The van der Waals surface area contributed by atoms with Crippen LogP contribution in [0.4, 0.5) is 0 Å². The second-order valence-electron chi connectivity index (χ2n) is 6.00. The van der Waals surface area contributed by atoms with Gasteiger partial charge in [-0.25, -0.2) is 0 Å². The lowest BCUT2D eigenvalue weighted by atomic mass is 9.96. The van der Waals surface area contributed by atoms with Gasteiger partial charge in [-0.2, -0.15) is 5.10 Å². The van der Waals surface area contributed by atoms with E-state index < -0.39 is 0 Å². The molecule has 0 fully saturated rings. The Morgan fingerprint density at radius 3 is 2.68 bits per heavy atom. The van der Waals surface area contributed by atoms with E-state index in [0.29, 0.717) is 5.69 Å². The van der Waals surface area contributed by atoms with Crippen LogP contribution in [0.3, 0.4) is 0 Å². The van der Waals surface area contributed by atoms with Crippen molar-refractivity contribution < 1.29 is 14.6 Å². The van der Waals surface area contributed by atoms with E-state index in [9.17, 15) is 9.90 Å². The summed E-state index contributed by atoms with van der Waals surface area (Å²) < 4.78 is 5.30. The van der Waals surface area contributed by atoms with Crippen molar-refractivity contribution in [2.24, 2.45) is 0 Å². The van der Waals surface area contributed by atoms with Gasteiger partial charge in [-0.3, -0.25) is 9.89 Å². The molecule has 1 unspecified atom stereocenters. The highest BCUT2D eigenvalue weighted by molar-refractivity contribution is 6.00. The number of H-pyrrole nitrogens is 1. The highest BCUT2D eigenvalue weighted by Crippen LogP contribution is 2.42. The highest BCUT2D eigenvalue weighted by Gasteiger charge is 2.40. The molecular formula is C19H17N3O3. The third-order valence-electron chi connectivity index (χ3n) is 4.55. The Kier molecular flexibility index (Phi) is 3.46. The summed E-state index contributed by atoms with van der Waals surface area (Å²) in [7, 11) is 3.38. The fourth-order valence-electron chi connectivity index (χ4n) is 3.30. The molecule has 0 radical (unpaired) electrons. The number of methoxy groups -OCH3 is 1. The van der Waals surface area contributed by atoms with Gasteiger partial charge in [0, 0.05) is 18.2 Å². The van der Waals surface area contributed by atoms with E-state index in [2.05, 4.69) is 10.2 Å². The molecule has 0 bridgehead atoms. The molecule has 2 aromatic carbocycles. The van der Waals surface area contributed by atoms with Gasteiger partial charge in [-0.15, -0.1) is 0 Å². The van der Waals surface area contributed by atoms with Crippen LogP contribution in [0.2, 0.25) is 0 Å². The molecule has 6 heteroatoms. The van der Waals surface area contributed by atoms with Crippen molar-refractivity contribution >= 4 is 5.91 Å². The number of aromatic hydroxyl groups is 1. The van der Waals surface area contributed by atoms with Crippen molar-refractivity contribution in [3.05, 3.63) is 65.4 Å². The Morgan fingerprint density at radius 2 is 1.96 bits per heavy atom. The van der Waals surface area contributed by atoms with Gasteiger partial charge in [0.05, 0.1) is 18.8 Å². The summed E-state index contributed by atoms with van der Waals surface area (Å²) >= 11 is 0. The number of carbonyl (C=O) groups excluding carboxylic acids is 1. The lowest BCUT2D eigenvalue weighted by Gasteiger charge is -2.22. The topological polar surface area (TPSA) is 78.5 Å². The van der Waals surface area contributed by atoms with E-state index in [1.54, 1.807) is 31.2 Å². The molecule has 0 aliphatic carbocycles. The molecule has 2 N–H and O–H groups in total. The molecule has 126 valence electrons. The largest absolute Gasteiger partial charge is 0.508 e. The second-order valence-corrected chi connectivity index (χ2v) is 6.00. The number of fused-ring (bicyclic) bond motifs is 1. The van der Waals surface area contributed by atoms with Gasteiger partial charge < -0.3 is 14.7 Å². The number of carbonyl (C=O) groups is 1. The fraction of sp³-hybridized carbons (Fsp3) is 0.158. The number of aromatic nitrogens is 2.